The predicted octanol–water partition coefficient (Wildman–Crippen LogP) is 2.05. The molecule has 4 unspecified atom stereocenters. The fourth-order valence-corrected chi connectivity index (χ4v) is 5.32. The van der Waals surface area contributed by atoms with Crippen LogP contribution >= 0.6 is 0 Å². The quantitative estimate of drug-likeness (QED) is 0.527. The van der Waals surface area contributed by atoms with E-state index in [0.29, 0.717) is 6.61 Å². The lowest BCUT2D eigenvalue weighted by Crippen LogP contribution is -2.43. The van der Waals surface area contributed by atoms with E-state index in [0.717, 1.165) is 24.8 Å². The van der Waals surface area contributed by atoms with Crippen molar-refractivity contribution in [1.82, 2.24) is 0 Å². The van der Waals surface area contributed by atoms with Gasteiger partial charge in [-0.05, 0) is 47.7 Å². The molecule has 2 saturated carbocycles. The van der Waals surface area contributed by atoms with Crippen LogP contribution in [0, 0.1) is 22.2 Å². The van der Waals surface area contributed by atoms with Gasteiger partial charge < -0.3 is 9.84 Å². The Bertz CT molecular complexity index is 506. The molecule has 3 nitrogen and oxygen atoms in total. The summed E-state index contributed by atoms with van der Waals surface area (Å²) in [4.78, 5) is 12.1. The molecule has 3 fully saturated rings. The average Bonchev–Trinajstić information content (AvgIpc) is 2.66. The van der Waals surface area contributed by atoms with E-state index in [1.165, 1.54) is 0 Å². The maximum Gasteiger partial charge on any atom is 0.317 e. The molecule has 1 spiro atoms. The summed E-state index contributed by atoms with van der Waals surface area (Å²) >= 11 is 0. The third kappa shape index (κ3) is 0.932. The molecule has 0 aromatic heterocycles. The van der Waals surface area contributed by atoms with E-state index in [1.807, 2.05) is 6.08 Å². The van der Waals surface area contributed by atoms with E-state index in [-0.39, 0.29) is 28.1 Å². The second kappa shape index (κ2) is 2.55. The van der Waals surface area contributed by atoms with Gasteiger partial charge in [-0.1, -0.05) is 20.8 Å². The van der Waals surface area contributed by atoms with Crippen molar-refractivity contribution in [1.29, 1.82) is 0 Å². The summed E-state index contributed by atoms with van der Waals surface area (Å²) in [5.41, 5.74) is 0.0386. The Hall–Kier alpha value is -0.830. The Kier molecular flexibility index (Phi) is 1.57. The van der Waals surface area contributed by atoms with Gasteiger partial charge in [-0.15, -0.1) is 0 Å². The topological polar surface area (TPSA) is 46.5 Å². The van der Waals surface area contributed by atoms with Crippen LogP contribution in [0.5, 0.6) is 0 Å². The van der Waals surface area contributed by atoms with E-state index in [2.05, 4.69) is 20.8 Å². The molecule has 0 aromatic carbocycles. The van der Waals surface area contributed by atoms with E-state index < -0.39 is 5.60 Å². The highest BCUT2D eigenvalue weighted by atomic mass is 16.5. The van der Waals surface area contributed by atoms with Crippen molar-refractivity contribution in [2.24, 2.45) is 22.2 Å². The van der Waals surface area contributed by atoms with Gasteiger partial charge in [0.1, 0.15) is 6.61 Å². The Labute approximate surface area is 107 Å². The minimum atomic E-state index is -0.721. The number of aliphatic hydroxyl groups is 1. The first-order valence-electron chi connectivity index (χ1n) is 6.85. The minimum Gasteiger partial charge on any atom is -0.460 e. The van der Waals surface area contributed by atoms with Crippen LogP contribution in [-0.4, -0.2) is 23.3 Å². The van der Waals surface area contributed by atoms with Crippen LogP contribution in [-0.2, 0) is 9.53 Å². The van der Waals surface area contributed by atoms with Crippen molar-refractivity contribution in [2.45, 2.75) is 45.6 Å². The second-order valence-electron chi connectivity index (χ2n) is 7.83. The Morgan fingerprint density at radius 1 is 1.33 bits per heavy atom. The average molecular weight is 248 g/mol. The fraction of sp³-hybridized carbons (Fsp3) is 0.800. The van der Waals surface area contributed by atoms with Crippen LogP contribution < -0.4 is 0 Å². The molecule has 0 radical (unpaired) electrons. The molecular formula is C15H20O3. The van der Waals surface area contributed by atoms with Gasteiger partial charge in [0.2, 0.25) is 0 Å². The van der Waals surface area contributed by atoms with Crippen LogP contribution in [0.2, 0.25) is 0 Å². The van der Waals surface area contributed by atoms with Crippen molar-refractivity contribution in [2.75, 3.05) is 6.61 Å². The van der Waals surface area contributed by atoms with Crippen LogP contribution in [0.3, 0.4) is 0 Å². The van der Waals surface area contributed by atoms with Crippen molar-refractivity contribution in [3.8, 4) is 0 Å². The number of rotatable bonds is 0. The number of ether oxygens (including phenoxy) is 1. The van der Waals surface area contributed by atoms with E-state index in [4.69, 9.17) is 4.74 Å². The van der Waals surface area contributed by atoms with Gasteiger partial charge in [-0.3, -0.25) is 4.79 Å². The summed E-state index contributed by atoms with van der Waals surface area (Å²) in [7, 11) is 0. The summed E-state index contributed by atoms with van der Waals surface area (Å²) in [5.74, 6) is 0.150. The zero-order chi connectivity index (χ0) is 13.0. The molecule has 4 atom stereocenters. The minimum absolute atomic E-state index is 0.0528. The molecule has 4 aliphatic rings. The molecule has 18 heavy (non-hydrogen) atoms. The predicted molar refractivity (Wildman–Crippen MR) is 65.7 cm³/mol. The molecule has 4 rings (SSSR count). The SMILES string of the molecule is CC1(C)CC2C(O)(C=C3COC(=O)C34CC24C)C1. The Balaban J connectivity index is 1.89. The molecule has 1 saturated heterocycles. The Morgan fingerprint density at radius 2 is 2.06 bits per heavy atom. The summed E-state index contributed by atoms with van der Waals surface area (Å²) in [5, 5.41) is 11.0. The van der Waals surface area contributed by atoms with Crippen molar-refractivity contribution < 1.29 is 14.6 Å². The molecule has 1 heterocycles. The number of cyclic esters (lactones) is 1. The number of hydrogen-bond acceptors (Lipinski definition) is 3. The molecule has 0 amide bonds. The van der Waals surface area contributed by atoms with Gasteiger partial charge in [0.25, 0.3) is 0 Å². The monoisotopic (exact) mass is 248 g/mol. The standard InChI is InChI=1S/C15H20O3/c1-12(2)5-10-13(3)8-15(13)9(6-18-11(15)16)4-14(10,17)7-12/h4,10,17H,5-8H2,1-3H3. The number of fused-ring (bicyclic) bond motifs is 2. The third-order valence-corrected chi connectivity index (χ3v) is 6.05. The summed E-state index contributed by atoms with van der Waals surface area (Å²) in [6, 6.07) is 0. The second-order valence-corrected chi connectivity index (χ2v) is 7.83. The smallest absolute Gasteiger partial charge is 0.317 e. The summed E-state index contributed by atoms with van der Waals surface area (Å²) in [6.45, 7) is 7.00. The first-order valence-corrected chi connectivity index (χ1v) is 6.85. The number of carbonyl (C=O) groups is 1. The van der Waals surface area contributed by atoms with E-state index >= 15 is 0 Å². The van der Waals surface area contributed by atoms with Crippen molar-refractivity contribution in [3.63, 3.8) is 0 Å². The van der Waals surface area contributed by atoms with Gasteiger partial charge in [0.15, 0.2) is 0 Å². The maximum atomic E-state index is 12.1. The highest BCUT2D eigenvalue weighted by molar-refractivity contribution is 5.89. The summed E-state index contributed by atoms with van der Waals surface area (Å²) in [6.07, 6.45) is 4.65. The first kappa shape index (κ1) is 11.0. The lowest BCUT2D eigenvalue weighted by Gasteiger charge is -2.38. The molecule has 98 valence electrons. The van der Waals surface area contributed by atoms with Crippen molar-refractivity contribution >= 4 is 5.97 Å². The molecule has 1 aliphatic heterocycles. The number of carbonyl (C=O) groups excluding carboxylic acids is 1. The molecule has 1 N–H and O–H groups in total. The molecule has 0 aromatic rings. The molecule has 3 aliphatic carbocycles. The van der Waals surface area contributed by atoms with Crippen LogP contribution in [0.15, 0.2) is 11.6 Å². The fourth-order valence-electron chi connectivity index (χ4n) is 5.32. The third-order valence-electron chi connectivity index (χ3n) is 6.05. The Morgan fingerprint density at radius 3 is 2.78 bits per heavy atom. The maximum absolute atomic E-state index is 12.1. The lowest BCUT2D eigenvalue weighted by atomic mass is 9.68. The normalized spacial score (nSPS) is 55.2. The van der Waals surface area contributed by atoms with Gasteiger partial charge in [-0.25, -0.2) is 0 Å². The van der Waals surface area contributed by atoms with Crippen molar-refractivity contribution in [3.05, 3.63) is 11.6 Å². The number of hydrogen-bond donors (Lipinski definition) is 1. The molecule has 3 heteroatoms. The van der Waals surface area contributed by atoms with Crippen LogP contribution in [0.1, 0.15) is 40.0 Å². The van der Waals surface area contributed by atoms with Gasteiger partial charge >= 0.3 is 5.97 Å². The summed E-state index contributed by atoms with van der Waals surface area (Å²) < 4.78 is 5.25. The van der Waals surface area contributed by atoms with Gasteiger partial charge in [0.05, 0.1) is 11.0 Å². The number of esters is 1. The van der Waals surface area contributed by atoms with E-state index in [1.54, 1.807) is 0 Å². The van der Waals surface area contributed by atoms with E-state index in [9.17, 15) is 9.90 Å². The van der Waals surface area contributed by atoms with Gasteiger partial charge in [0, 0.05) is 0 Å². The van der Waals surface area contributed by atoms with Crippen LogP contribution in [0.25, 0.3) is 0 Å². The molecular weight excluding hydrogens is 228 g/mol. The largest absolute Gasteiger partial charge is 0.460 e. The molecule has 0 bridgehead atoms. The zero-order valence-corrected chi connectivity index (χ0v) is 11.2. The highest BCUT2D eigenvalue weighted by Crippen LogP contribution is 2.80. The lowest BCUT2D eigenvalue weighted by molar-refractivity contribution is -0.144. The highest BCUT2D eigenvalue weighted by Gasteiger charge is 2.81. The first-order chi connectivity index (χ1) is 8.24. The van der Waals surface area contributed by atoms with Gasteiger partial charge in [-0.2, -0.15) is 0 Å². The van der Waals surface area contributed by atoms with Crippen LogP contribution in [0.4, 0.5) is 0 Å². The zero-order valence-electron chi connectivity index (χ0n) is 11.2.